The van der Waals surface area contributed by atoms with Crippen LogP contribution in [0.25, 0.3) is 0 Å². The molecule has 0 unspecified atom stereocenters. The summed E-state index contributed by atoms with van der Waals surface area (Å²) in [7, 11) is 0. The van der Waals surface area contributed by atoms with Crippen LogP contribution in [0.3, 0.4) is 0 Å². The smallest absolute Gasteiger partial charge is 0.389 e. The number of hydrogen-bond acceptors (Lipinski definition) is 3. The summed E-state index contributed by atoms with van der Waals surface area (Å²) in [5.74, 6) is 1.14. The first-order valence-electron chi connectivity index (χ1n) is 5.96. The number of carbonyl (C=O) groups excluding carboxylic acids is 1. The van der Waals surface area contributed by atoms with Gasteiger partial charge in [-0.15, -0.1) is 0 Å². The quantitative estimate of drug-likeness (QED) is 0.494. The van der Waals surface area contributed by atoms with Gasteiger partial charge in [0.15, 0.2) is 0 Å². The van der Waals surface area contributed by atoms with E-state index in [-0.39, 0.29) is 12.4 Å². The van der Waals surface area contributed by atoms with Crippen LogP contribution < -0.4 is 0 Å². The third kappa shape index (κ3) is 12.1. The molecule has 0 atom stereocenters. The van der Waals surface area contributed by atoms with Crippen LogP contribution in [0.4, 0.5) is 13.2 Å². The molecule has 108 valence electrons. The molecule has 0 fully saturated rings. The molecular weight excluding hydrogens is 265 g/mol. The molecule has 0 aromatic heterocycles. The lowest BCUT2D eigenvalue weighted by Crippen LogP contribution is -2.29. The van der Waals surface area contributed by atoms with Gasteiger partial charge in [0.25, 0.3) is 0 Å². The van der Waals surface area contributed by atoms with Crippen molar-refractivity contribution >= 4 is 17.7 Å². The van der Waals surface area contributed by atoms with Gasteiger partial charge in [0, 0.05) is 19.1 Å². The van der Waals surface area contributed by atoms with Gasteiger partial charge < -0.3 is 4.74 Å². The number of carbonyl (C=O) groups is 1. The Morgan fingerprint density at radius 2 is 1.78 bits per heavy atom. The molecule has 0 amide bonds. The summed E-state index contributed by atoms with van der Waals surface area (Å²) in [4.78, 5) is 10.8. The van der Waals surface area contributed by atoms with Crippen LogP contribution in [0.1, 0.15) is 46.5 Å². The fourth-order valence-corrected chi connectivity index (χ4v) is 2.55. The van der Waals surface area contributed by atoms with Crippen molar-refractivity contribution in [3.8, 4) is 0 Å². The predicted molar refractivity (Wildman–Crippen MR) is 67.7 cm³/mol. The van der Waals surface area contributed by atoms with Crippen LogP contribution in [-0.4, -0.2) is 29.3 Å². The molecule has 0 aliphatic carbocycles. The van der Waals surface area contributed by atoms with Crippen molar-refractivity contribution in [1.29, 1.82) is 0 Å². The Hall–Kier alpha value is -0.390. The van der Waals surface area contributed by atoms with Gasteiger partial charge in [0.2, 0.25) is 0 Å². The molecule has 0 radical (unpaired) electrons. The van der Waals surface area contributed by atoms with Crippen molar-refractivity contribution in [1.82, 2.24) is 0 Å². The first-order chi connectivity index (χ1) is 8.12. The first-order valence-corrected chi connectivity index (χ1v) is 7.12. The molecule has 18 heavy (non-hydrogen) atoms. The summed E-state index contributed by atoms with van der Waals surface area (Å²) in [5.41, 5.74) is -0.511. The summed E-state index contributed by atoms with van der Waals surface area (Å²) in [6, 6.07) is 0. The largest absolute Gasteiger partial charge is 0.459 e. The van der Waals surface area contributed by atoms with Crippen LogP contribution in [-0.2, 0) is 9.53 Å². The van der Waals surface area contributed by atoms with E-state index in [2.05, 4.69) is 0 Å². The summed E-state index contributed by atoms with van der Waals surface area (Å²) in [5, 5.41) is 0. The van der Waals surface area contributed by atoms with Gasteiger partial charge in [-0.1, -0.05) is 6.42 Å². The maximum atomic E-state index is 11.9. The minimum absolute atomic E-state index is 0.192. The minimum Gasteiger partial charge on any atom is -0.459 e. The molecule has 6 heteroatoms. The highest BCUT2D eigenvalue weighted by atomic mass is 32.2. The normalized spacial score (nSPS) is 12.6. The molecule has 0 N–H and O–H groups in total. The number of halogens is 3. The van der Waals surface area contributed by atoms with Gasteiger partial charge in [-0.2, -0.15) is 24.9 Å². The highest BCUT2D eigenvalue weighted by Gasteiger charge is 2.25. The topological polar surface area (TPSA) is 26.3 Å². The van der Waals surface area contributed by atoms with Gasteiger partial charge in [0.05, 0.1) is 0 Å². The SMILES string of the molecule is CC(=O)OC(C)(C)CSCCCCCC(F)(F)F. The fourth-order valence-electron chi connectivity index (χ4n) is 1.44. The van der Waals surface area contributed by atoms with E-state index in [1.807, 2.05) is 13.8 Å². The van der Waals surface area contributed by atoms with Crippen molar-refractivity contribution in [3.63, 3.8) is 0 Å². The van der Waals surface area contributed by atoms with Gasteiger partial charge in [-0.3, -0.25) is 4.79 Å². The Balaban J connectivity index is 3.48. The Bertz CT molecular complexity index is 252. The molecule has 0 bridgehead atoms. The summed E-state index contributed by atoms with van der Waals surface area (Å²) >= 11 is 1.60. The second-order valence-corrected chi connectivity index (χ2v) is 5.94. The van der Waals surface area contributed by atoms with E-state index in [0.717, 1.165) is 12.2 Å². The number of alkyl halides is 3. The second kappa shape index (κ2) is 7.92. The lowest BCUT2D eigenvalue weighted by atomic mass is 10.2. The zero-order valence-electron chi connectivity index (χ0n) is 11.1. The molecule has 2 nitrogen and oxygen atoms in total. The van der Waals surface area contributed by atoms with Crippen LogP contribution >= 0.6 is 11.8 Å². The Morgan fingerprint density at radius 1 is 1.17 bits per heavy atom. The van der Waals surface area contributed by atoms with Gasteiger partial charge >= 0.3 is 12.1 Å². The third-order valence-electron chi connectivity index (χ3n) is 2.12. The highest BCUT2D eigenvalue weighted by Crippen LogP contribution is 2.23. The van der Waals surface area contributed by atoms with E-state index in [1.54, 1.807) is 11.8 Å². The van der Waals surface area contributed by atoms with E-state index in [4.69, 9.17) is 4.74 Å². The molecule has 0 aliphatic heterocycles. The first kappa shape index (κ1) is 17.6. The van der Waals surface area contributed by atoms with Crippen molar-refractivity contribution in [2.75, 3.05) is 11.5 Å². The number of hydrogen-bond donors (Lipinski definition) is 0. The molecule has 0 saturated carbocycles. The molecule has 0 aromatic rings. The Labute approximate surface area is 111 Å². The summed E-state index contributed by atoms with van der Waals surface area (Å²) in [6.07, 6.45) is -3.20. The van der Waals surface area contributed by atoms with Crippen molar-refractivity contribution < 1.29 is 22.7 Å². The van der Waals surface area contributed by atoms with Gasteiger partial charge in [-0.25, -0.2) is 0 Å². The molecule has 0 rings (SSSR count). The van der Waals surface area contributed by atoms with E-state index >= 15 is 0 Å². The molecule has 0 aliphatic rings. The number of unbranched alkanes of at least 4 members (excludes halogenated alkanes) is 2. The van der Waals surface area contributed by atoms with E-state index in [9.17, 15) is 18.0 Å². The van der Waals surface area contributed by atoms with Crippen LogP contribution in [0.5, 0.6) is 0 Å². The van der Waals surface area contributed by atoms with Crippen molar-refractivity contribution in [2.45, 2.75) is 58.2 Å². The Morgan fingerprint density at radius 3 is 2.28 bits per heavy atom. The second-order valence-electron chi connectivity index (χ2n) is 4.83. The van der Waals surface area contributed by atoms with E-state index < -0.39 is 18.2 Å². The average molecular weight is 286 g/mol. The van der Waals surface area contributed by atoms with Gasteiger partial charge in [0.1, 0.15) is 5.60 Å². The molecule has 0 heterocycles. The maximum absolute atomic E-state index is 11.9. The average Bonchev–Trinajstić information content (AvgIpc) is 2.12. The number of ether oxygens (including phenoxy) is 1. The van der Waals surface area contributed by atoms with Crippen molar-refractivity contribution in [2.24, 2.45) is 0 Å². The zero-order valence-corrected chi connectivity index (χ0v) is 11.9. The molecule has 0 saturated heterocycles. The number of thioether (sulfide) groups is 1. The highest BCUT2D eigenvalue weighted by molar-refractivity contribution is 7.99. The van der Waals surface area contributed by atoms with Crippen molar-refractivity contribution in [3.05, 3.63) is 0 Å². The van der Waals surface area contributed by atoms with E-state index in [0.29, 0.717) is 12.2 Å². The third-order valence-corrected chi connectivity index (χ3v) is 3.60. The minimum atomic E-state index is -4.04. The molecule has 0 aromatic carbocycles. The maximum Gasteiger partial charge on any atom is 0.389 e. The monoisotopic (exact) mass is 286 g/mol. The Kier molecular flexibility index (Phi) is 7.75. The molecular formula is C12H21F3O2S. The number of rotatable bonds is 8. The van der Waals surface area contributed by atoms with E-state index in [1.165, 1.54) is 6.92 Å². The molecule has 0 spiro atoms. The lowest BCUT2D eigenvalue weighted by molar-refractivity contribution is -0.151. The zero-order chi connectivity index (χ0) is 14.2. The van der Waals surface area contributed by atoms with Crippen LogP contribution in [0, 0.1) is 0 Å². The fraction of sp³-hybridized carbons (Fsp3) is 0.917. The number of esters is 1. The summed E-state index contributed by atoms with van der Waals surface area (Å²) in [6.45, 7) is 5.01. The standard InChI is InChI=1S/C12H21F3O2S/c1-10(16)17-11(2,3)9-18-8-6-4-5-7-12(13,14)15/h4-9H2,1-3H3. The van der Waals surface area contributed by atoms with Crippen LogP contribution in [0.15, 0.2) is 0 Å². The van der Waals surface area contributed by atoms with Crippen LogP contribution in [0.2, 0.25) is 0 Å². The van der Waals surface area contributed by atoms with Gasteiger partial charge in [-0.05, 0) is 32.4 Å². The lowest BCUT2D eigenvalue weighted by Gasteiger charge is -2.23. The predicted octanol–water partition coefficient (Wildman–Crippen LogP) is 4.18. The summed E-state index contributed by atoms with van der Waals surface area (Å²) < 4.78 is 40.7.